The van der Waals surface area contributed by atoms with Crippen molar-refractivity contribution in [1.29, 1.82) is 0 Å². The van der Waals surface area contributed by atoms with E-state index in [1.807, 2.05) is 0 Å². The number of urea groups is 1. The van der Waals surface area contributed by atoms with Gasteiger partial charge in [0.1, 0.15) is 0 Å². The van der Waals surface area contributed by atoms with Crippen molar-refractivity contribution in [2.24, 2.45) is 0 Å². The van der Waals surface area contributed by atoms with Crippen molar-refractivity contribution < 1.29 is 19.5 Å². The van der Waals surface area contributed by atoms with E-state index in [9.17, 15) is 14.4 Å². The molecule has 3 amide bonds. The van der Waals surface area contributed by atoms with E-state index in [1.165, 1.54) is 17.9 Å². The largest absolute Gasteiger partial charge is 0.476 e. The molecule has 1 aliphatic heterocycles. The van der Waals surface area contributed by atoms with Crippen LogP contribution < -0.4 is 10.6 Å². The Balaban J connectivity index is 1.74. The van der Waals surface area contributed by atoms with Crippen molar-refractivity contribution in [2.45, 2.75) is 12.5 Å². The van der Waals surface area contributed by atoms with Crippen LogP contribution in [0.25, 0.3) is 0 Å². The quantitative estimate of drug-likeness (QED) is 0.618. The highest BCUT2D eigenvalue weighted by atomic mass is 16.4. The van der Waals surface area contributed by atoms with Gasteiger partial charge < -0.3 is 20.6 Å². The lowest BCUT2D eigenvalue weighted by atomic mass is 10.1. The number of nitrogens with zero attached hydrogens (tertiary/aromatic N) is 4. The Morgan fingerprint density at radius 3 is 2.71 bits per heavy atom. The predicted molar refractivity (Wildman–Crippen MR) is 69.7 cm³/mol. The average molecular weight is 296 g/mol. The minimum Gasteiger partial charge on any atom is -0.476 e. The molecular weight excluding hydrogens is 280 g/mol. The van der Waals surface area contributed by atoms with Crippen LogP contribution in [0.3, 0.4) is 0 Å². The Morgan fingerprint density at radius 1 is 1.43 bits per heavy atom. The summed E-state index contributed by atoms with van der Waals surface area (Å²) in [6.45, 7) is 1.12. The zero-order chi connectivity index (χ0) is 15.4. The van der Waals surface area contributed by atoms with Crippen molar-refractivity contribution in [3.05, 3.63) is 11.9 Å². The number of carbonyl (C=O) groups is 3. The van der Waals surface area contributed by atoms with Crippen LogP contribution in [-0.2, 0) is 4.79 Å². The molecule has 0 atom stereocenters. The second kappa shape index (κ2) is 6.20. The molecule has 3 N–H and O–H groups in total. The van der Waals surface area contributed by atoms with E-state index in [1.54, 1.807) is 4.90 Å². The number of hydrogen-bond donors (Lipinski definition) is 3. The second-order valence-corrected chi connectivity index (χ2v) is 4.60. The Morgan fingerprint density at radius 2 is 2.14 bits per heavy atom. The van der Waals surface area contributed by atoms with Crippen LogP contribution in [0.2, 0.25) is 0 Å². The van der Waals surface area contributed by atoms with Gasteiger partial charge in [0, 0.05) is 33.1 Å². The Bertz CT molecular complexity index is 551. The summed E-state index contributed by atoms with van der Waals surface area (Å²) in [5, 5.41) is 21.1. The Kier molecular flexibility index (Phi) is 4.36. The molecule has 10 nitrogen and oxygen atoms in total. The summed E-state index contributed by atoms with van der Waals surface area (Å²) in [4.78, 5) is 35.0. The maximum absolute atomic E-state index is 11.7. The van der Waals surface area contributed by atoms with Crippen molar-refractivity contribution in [1.82, 2.24) is 30.5 Å². The number of rotatable bonds is 5. The first-order valence-electron chi connectivity index (χ1n) is 6.39. The SMILES string of the molecule is CNC(=O)CCNC(=O)N1CC(n2cc(C(=O)O)nn2)C1. The van der Waals surface area contributed by atoms with Gasteiger partial charge in [-0.1, -0.05) is 5.21 Å². The molecule has 1 saturated heterocycles. The van der Waals surface area contributed by atoms with Gasteiger partial charge in [-0.3, -0.25) is 4.79 Å². The number of aromatic nitrogens is 3. The molecule has 0 spiro atoms. The minimum absolute atomic E-state index is 0.0738. The van der Waals surface area contributed by atoms with E-state index < -0.39 is 5.97 Å². The summed E-state index contributed by atoms with van der Waals surface area (Å²) in [5.41, 5.74) is -0.122. The molecule has 0 aromatic carbocycles. The zero-order valence-electron chi connectivity index (χ0n) is 11.4. The van der Waals surface area contributed by atoms with Gasteiger partial charge in [-0.25, -0.2) is 14.3 Å². The summed E-state index contributed by atoms with van der Waals surface area (Å²) in [7, 11) is 1.54. The number of hydrogen-bond acceptors (Lipinski definition) is 5. The summed E-state index contributed by atoms with van der Waals surface area (Å²) in [6.07, 6.45) is 1.57. The minimum atomic E-state index is -1.13. The topological polar surface area (TPSA) is 129 Å². The van der Waals surface area contributed by atoms with Crippen LogP contribution >= 0.6 is 0 Å². The van der Waals surface area contributed by atoms with Gasteiger partial charge in [0.15, 0.2) is 5.69 Å². The highest BCUT2D eigenvalue weighted by Gasteiger charge is 2.33. The average Bonchev–Trinajstić information content (AvgIpc) is 2.86. The van der Waals surface area contributed by atoms with Crippen LogP contribution in [0.4, 0.5) is 4.79 Å². The molecule has 2 rings (SSSR count). The monoisotopic (exact) mass is 296 g/mol. The molecule has 0 saturated carbocycles. The standard InChI is InChI=1S/C11H16N6O4/c1-12-9(18)2-3-13-11(21)16-4-7(5-16)17-6-8(10(19)20)14-15-17/h6-7H,2-5H2,1H3,(H,12,18)(H,13,21)(H,19,20). The predicted octanol–water partition coefficient (Wildman–Crippen LogP) is -1.32. The van der Waals surface area contributed by atoms with Gasteiger partial charge in [0.25, 0.3) is 0 Å². The molecular formula is C11H16N6O4. The zero-order valence-corrected chi connectivity index (χ0v) is 11.4. The van der Waals surface area contributed by atoms with E-state index in [0.29, 0.717) is 13.1 Å². The number of nitrogens with one attached hydrogen (secondary N) is 2. The summed E-state index contributed by atoms with van der Waals surface area (Å²) >= 11 is 0. The number of likely N-dealkylation sites (tertiary alicyclic amines) is 1. The van der Waals surface area contributed by atoms with Gasteiger partial charge in [-0.15, -0.1) is 5.10 Å². The molecule has 10 heteroatoms. The van der Waals surface area contributed by atoms with Gasteiger partial charge >= 0.3 is 12.0 Å². The van der Waals surface area contributed by atoms with E-state index in [-0.39, 0.29) is 36.6 Å². The molecule has 1 aromatic heterocycles. The van der Waals surface area contributed by atoms with Crippen LogP contribution in [0.1, 0.15) is 23.0 Å². The smallest absolute Gasteiger partial charge is 0.358 e. The highest BCUT2D eigenvalue weighted by Crippen LogP contribution is 2.20. The molecule has 0 bridgehead atoms. The molecule has 114 valence electrons. The highest BCUT2D eigenvalue weighted by molar-refractivity contribution is 5.84. The Hall–Kier alpha value is -2.65. The molecule has 1 aromatic rings. The van der Waals surface area contributed by atoms with E-state index in [0.717, 1.165) is 0 Å². The summed E-state index contributed by atoms with van der Waals surface area (Å²) < 4.78 is 1.44. The lowest BCUT2D eigenvalue weighted by Crippen LogP contribution is -2.54. The number of carboxylic acid groups (broad SMARTS) is 1. The fourth-order valence-corrected chi connectivity index (χ4v) is 1.86. The maximum Gasteiger partial charge on any atom is 0.358 e. The fraction of sp³-hybridized carbons (Fsp3) is 0.545. The molecule has 1 aliphatic rings. The first-order valence-corrected chi connectivity index (χ1v) is 6.39. The van der Waals surface area contributed by atoms with E-state index >= 15 is 0 Å². The summed E-state index contributed by atoms with van der Waals surface area (Å²) in [6, 6.07) is -0.330. The van der Waals surface area contributed by atoms with Gasteiger partial charge in [-0.2, -0.15) is 0 Å². The Labute approximate surface area is 120 Å². The van der Waals surface area contributed by atoms with Gasteiger partial charge in [0.05, 0.1) is 12.2 Å². The van der Waals surface area contributed by atoms with Gasteiger partial charge in [-0.05, 0) is 0 Å². The van der Waals surface area contributed by atoms with Gasteiger partial charge in [0.2, 0.25) is 5.91 Å². The van der Waals surface area contributed by atoms with Crippen LogP contribution in [0, 0.1) is 0 Å². The molecule has 21 heavy (non-hydrogen) atoms. The number of carbonyl (C=O) groups excluding carboxylic acids is 2. The third kappa shape index (κ3) is 3.46. The van der Waals surface area contributed by atoms with Crippen molar-refractivity contribution in [2.75, 3.05) is 26.7 Å². The molecule has 0 radical (unpaired) electrons. The van der Waals surface area contributed by atoms with Crippen LogP contribution in [0.15, 0.2) is 6.20 Å². The second-order valence-electron chi connectivity index (χ2n) is 4.60. The number of aromatic carboxylic acids is 1. The molecule has 2 heterocycles. The molecule has 1 fully saturated rings. The van der Waals surface area contributed by atoms with Crippen molar-refractivity contribution in [3.63, 3.8) is 0 Å². The third-order valence-corrected chi connectivity index (χ3v) is 3.16. The summed E-state index contributed by atoms with van der Waals surface area (Å²) in [5.74, 6) is -1.27. The lowest BCUT2D eigenvalue weighted by molar-refractivity contribution is -0.120. The fourth-order valence-electron chi connectivity index (χ4n) is 1.86. The van der Waals surface area contributed by atoms with E-state index in [4.69, 9.17) is 5.11 Å². The molecule has 0 unspecified atom stereocenters. The normalized spacial score (nSPS) is 14.4. The first kappa shape index (κ1) is 14.8. The molecule has 0 aliphatic carbocycles. The van der Waals surface area contributed by atoms with Crippen LogP contribution in [0.5, 0.6) is 0 Å². The number of carboxylic acids is 1. The first-order chi connectivity index (χ1) is 10.0. The van der Waals surface area contributed by atoms with Crippen molar-refractivity contribution >= 4 is 17.9 Å². The number of amides is 3. The van der Waals surface area contributed by atoms with Crippen LogP contribution in [-0.4, -0.2) is 69.6 Å². The maximum atomic E-state index is 11.7. The third-order valence-electron chi connectivity index (χ3n) is 3.16. The van der Waals surface area contributed by atoms with Crippen molar-refractivity contribution in [3.8, 4) is 0 Å². The van der Waals surface area contributed by atoms with E-state index in [2.05, 4.69) is 20.9 Å². The lowest BCUT2D eigenvalue weighted by Gasteiger charge is -2.38.